The van der Waals surface area contributed by atoms with Crippen LogP contribution in [-0.2, 0) is 4.79 Å². The molecule has 0 aliphatic carbocycles. The van der Waals surface area contributed by atoms with E-state index in [-0.39, 0.29) is 5.91 Å². The van der Waals surface area contributed by atoms with E-state index in [2.05, 4.69) is 57.9 Å². The van der Waals surface area contributed by atoms with Crippen LogP contribution in [0.15, 0.2) is 71.6 Å². The van der Waals surface area contributed by atoms with Gasteiger partial charge in [0, 0.05) is 23.1 Å². The first-order chi connectivity index (χ1) is 14.1. The van der Waals surface area contributed by atoms with E-state index >= 15 is 0 Å². The molecule has 1 amide bonds. The van der Waals surface area contributed by atoms with Crippen LogP contribution in [0.2, 0.25) is 0 Å². The van der Waals surface area contributed by atoms with Crippen molar-refractivity contribution in [3.8, 4) is 11.1 Å². The normalized spacial score (nSPS) is 11.2. The lowest BCUT2D eigenvalue weighted by Gasteiger charge is -2.09. The van der Waals surface area contributed by atoms with Gasteiger partial charge in [-0.1, -0.05) is 42.5 Å². The molecule has 0 saturated heterocycles. The van der Waals surface area contributed by atoms with Crippen molar-refractivity contribution < 1.29 is 4.79 Å². The molecule has 0 aliphatic rings. The Morgan fingerprint density at radius 3 is 2.59 bits per heavy atom. The maximum atomic E-state index is 11.5. The first kappa shape index (κ1) is 19.0. The summed E-state index contributed by atoms with van der Waals surface area (Å²) in [4.78, 5) is 20.8. The second-order valence-corrected chi connectivity index (χ2v) is 7.57. The average molecular weight is 400 g/mol. The fourth-order valence-electron chi connectivity index (χ4n) is 3.20. The number of carbonyl (C=O) groups is 1. The van der Waals surface area contributed by atoms with E-state index in [0.717, 1.165) is 39.2 Å². The summed E-state index contributed by atoms with van der Waals surface area (Å²) in [5.41, 5.74) is 5.79. The molecule has 0 radical (unpaired) electrons. The molecule has 0 aliphatic heterocycles. The van der Waals surface area contributed by atoms with Crippen LogP contribution in [0.1, 0.15) is 18.3 Å². The van der Waals surface area contributed by atoms with Crippen molar-refractivity contribution in [3.05, 3.63) is 78.1 Å². The molecule has 0 spiro atoms. The van der Waals surface area contributed by atoms with E-state index in [9.17, 15) is 4.79 Å². The van der Waals surface area contributed by atoms with E-state index in [0.29, 0.717) is 0 Å². The third-order valence-electron chi connectivity index (χ3n) is 4.60. The third-order valence-corrected chi connectivity index (χ3v) is 5.34. The molecule has 3 aromatic carbocycles. The number of imidazole rings is 1. The summed E-state index contributed by atoms with van der Waals surface area (Å²) in [5, 5.41) is 2.89. The Morgan fingerprint density at radius 1 is 1.03 bits per heavy atom. The predicted molar refractivity (Wildman–Crippen MR) is 123 cm³/mol. The van der Waals surface area contributed by atoms with Crippen molar-refractivity contribution in [1.29, 1.82) is 0 Å². The van der Waals surface area contributed by atoms with Crippen LogP contribution in [0, 0.1) is 0 Å². The smallest absolute Gasteiger partial charge is 0.221 e. The minimum Gasteiger partial charge on any atom is -0.338 e. The number of nitrogens with zero attached hydrogens (tertiary/aromatic N) is 1. The molecule has 1 heterocycles. The highest BCUT2D eigenvalue weighted by atomic mass is 32.2. The standard InChI is InChI=1S/C24H21N3OS/c1-16(28)25-21-6-4-3-5-20(21)18-10-13-22-23(15-18)27-24(26-22)14-9-17-7-11-19(29-2)12-8-17/h3-15H,1-2H3,(H,25,28)(H,26,27)/b14-9+. The highest BCUT2D eigenvalue weighted by Crippen LogP contribution is 2.30. The maximum Gasteiger partial charge on any atom is 0.221 e. The summed E-state index contributed by atoms with van der Waals surface area (Å²) in [5.74, 6) is 0.722. The fourth-order valence-corrected chi connectivity index (χ4v) is 3.61. The SMILES string of the molecule is CSc1ccc(/C=C/c2nc3ccc(-c4ccccc4NC(C)=O)cc3[nH]2)cc1. The van der Waals surface area contributed by atoms with Gasteiger partial charge in [-0.2, -0.15) is 0 Å². The molecule has 0 bridgehead atoms. The molecule has 4 aromatic rings. The van der Waals surface area contributed by atoms with Gasteiger partial charge < -0.3 is 10.3 Å². The number of H-pyrrole nitrogens is 1. The molecule has 1 aromatic heterocycles. The van der Waals surface area contributed by atoms with Gasteiger partial charge >= 0.3 is 0 Å². The molecule has 2 N–H and O–H groups in total. The topological polar surface area (TPSA) is 57.8 Å². The number of nitrogens with one attached hydrogen (secondary N) is 2. The quantitative estimate of drug-likeness (QED) is 0.400. The number of hydrogen-bond acceptors (Lipinski definition) is 3. The van der Waals surface area contributed by atoms with Crippen LogP contribution in [0.5, 0.6) is 0 Å². The Labute approximate surface area is 174 Å². The van der Waals surface area contributed by atoms with Gasteiger partial charge in [-0.15, -0.1) is 11.8 Å². The van der Waals surface area contributed by atoms with Gasteiger partial charge in [-0.3, -0.25) is 4.79 Å². The van der Waals surface area contributed by atoms with E-state index in [4.69, 9.17) is 0 Å². The number of carbonyl (C=O) groups excluding carboxylic acids is 1. The number of hydrogen-bond donors (Lipinski definition) is 2. The van der Waals surface area contributed by atoms with Crippen molar-refractivity contribution in [2.45, 2.75) is 11.8 Å². The van der Waals surface area contributed by atoms with Crippen LogP contribution in [-0.4, -0.2) is 22.1 Å². The van der Waals surface area contributed by atoms with Gasteiger partial charge in [-0.25, -0.2) is 4.98 Å². The van der Waals surface area contributed by atoms with E-state index in [1.165, 1.54) is 11.8 Å². The Bertz CT molecular complexity index is 1190. The fraction of sp³-hybridized carbons (Fsp3) is 0.0833. The molecule has 5 heteroatoms. The molecule has 0 unspecified atom stereocenters. The van der Waals surface area contributed by atoms with Crippen LogP contribution in [0.4, 0.5) is 5.69 Å². The van der Waals surface area contributed by atoms with Crippen molar-refractivity contribution in [2.75, 3.05) is 11.6 Å². The average Bonchev–Trinajstić information content (AvgIpc) is 3.15. The Balaban J connectivity index is 1.63. The van der Waals surface area contributed by atoms with Crippen molar-refractivity contribution in [1.82, 2.24) is 9.97 Å². The van der Waals surface area contributed by atoms with Crippen LogP contribution >= 0.6 is 11.8 Å². The summed E-state index contributed by atoms with van der Waals surface area (Å²) < 4.78 is 0. The van der Waals surface area contributed by atoms with Crippen molar-refractivity contribution in [2.24, 2.45) is 0 Å². The number of para-hydroxylation sites is 1. The second kappa shape index (κ2) is 8.37. The minimum atomic E-state index is -0.0851. The van der Waals surface area contributed by atoms with E-state index < -0.39 is 0 Å². The summed E-state index contributed by atoms with van der Waals surface area (Å²) >= 11 is 1.73. The summed E-state index contributed by atoms with van der Waals surface area (Å²) in [6.45, 7) is 1.52. The number of rotatable bonds is 5. The molecule has 0 fully saturated rings. The minimum absolute atomic E-state index is 0.0851. The third kappa shape index (κ3) is 4.41. The molecule has 0 atom stereocenters. The largest absolute Gasteiger partial charge is 0.338 e. The zero-order valence-corrected chi connectivity index (χ0v) is 17.1. The number of aromatic amines is 1. The molecule has 29 heavy (non-hydrogen) atoms. The van der Waals surface area contributed by atoms with Crippen molar-refractivity contribution in [3.63, 3.8) is 0 Å². The monoisotopic (exact) mass is 399 g/mol. The highest BCUT2D eigenvalue weighted by molar-refractivity contribution is 7.98. The summed E-state index contributed by atoms with van der Waals surface area (Å²) in [6, 6.07) is 22.3. The molecule has 4 rings (SSSR count). The number of fused-ring (bicyclic) bond motifs is 1. The molecule has 4 nitrogen and oxygen atoms in total. The predicted octanol–water partition coefficient (Wildman–Crippen LogP) is 6.08. The molecule has 0 saturated carbocycles. The van der Waals surface area contributed by atoms with E-state index in [1.54, 1.807) is 11.8 Å². The van der Waals surface area contributed by atoms with Gasteiger partial charge in [0.05, 0.1) is 11.0 Å². The van der Waals surface area contributed by atoms with Gasteiger partial charge in [0.2, 0.25) is 5.91 Å². The van der Waals surface area contributed by atoms with Crippen molar-refractivity contribution >= 4 is 46.5 Å². The lowest BCUT2D eigenvalue weighted by molar-refractivity contribution is -0.114. The zero-order chi connectivity index (χ0) is 20.2. The summed E-state index contributed by atoms with van der Waals surface area (Å²) in [7, 11) is 0. The van der Waals surface area contributed by atoms with Gasteiger partial charge in [-0.05, 0) is 53.8 Å². The number of thioether (sulfide) groups is 1. The van der Waals surface area contributed by atoms with Crippen LogP contribution in [0.3, 0.4) is 0 Å². The Hall–Kier alpha value is -3.31. The summed E-state index contributed by atoms with van der Waals surface area (Å²) in [6.07, 6.45) is 6.11. The molecular formula is C24H21N3OS. The number of amides is 1. The van der Waals surface area contributed by atoms with E-state index in [1.807, 2.05) is 42.5 Å². The first-order valence-electron chi connectivity index (χ1n) is 9.31. The van der Waals surface area contributed by atoms with Gasteiger partial charge in [0.25, 0.3) is 0 Å². The molecular weight excluding hydrogens is 378 g/mol. The second-order valence-electron chi connectivity index (χ2n) is 6.69. The Morgan fingerprint density at radius 2 is 1.83 bits per heavy atom. The highest BCUT2D eigenvalue weighted by Gasteiger charge is 2.08. The lowest BCUT2D eigenvalue weighted by atomic mass is 10.0. The number of anilines is 1. The van der Waals surface area contributed by atoms with Crippen LogP contribution < -0.4 is 5.32 Å². The Kier molecular flexibility index (Phi) is 5.49. The van der Waals surface area contributed by atoms with Gasteiger partial charge in [0.1, 0.15) is 5.82 Å². The van der Waals surface area contributed by atoms with Crippen LogP contribution in [0.25, 0.3) is 34.3 Å². The van der Waals surface area contributed by atoms with Gasteiger partial charge in [0.15, 0.2) is 0 Å². The lowest BCUT2D eigenvalue weighted by Crippen LogP contribution is -2.06. The number of aromatic nitrogens is 2. The zero-order valence-electron chi connectivity index (χ0n) is 16.3. The maximum absolute atomic E-state index is 11.5. The first-order valence-corrected chi connectivity index (χ1v) is 10.5. The number of benzene rings is 3. The molecule has 144 valence electrons.